The van der Waals surface area contributed by atoms with Gasteiger partial charge in [-0.05, 0) is 31.6 Å². The molecule has 0 aliphatic carbocycles. The van der Waals surface area contributed by atoms with E-state index in [1.807, 2.05) is 13.8 Å². The van der Waals surface area contributed by atoms with Crippen molar-refractivity contribution < 1.29 is 0 Å². The van der Waals surface area contributed by atoms with Gasteiger partial charge in [-0.25, -0.2) is 0 Å². The first-order valence-electron chi connectivity index (χ1n) is 5.86. The van der Waals surface area contributed by atoms with Gasteiger partial charge in [0.15, 0.2) is 0 Å². The first-order chi connectivity index (χ1) is 6.72. The van der Waals surface area contributed by atoms with Crippen LogP contribution in [0.25, 0.3) is 0 Å². The number of hydrogen-bond donors (Lipinski definition) is 1. The number of hydrogen-bond acceptors (Lipinski definition) is 2. The Labute approximate surface area is 96.7 Å². The molecule has 2 heteroatoms. The second-order valence-corrected chi connectivity index (χ2v) is 3.78. The van der Waals surface area contributed by atoms with Crippen molar-refractivity contribution >= 4 is 12.6 Å². The van der Waals surface area contributed by atoms with E-state index < -0.39 is 0 Å². The monoisotopic (exact) mass is 219 g/mol. The summed E-state index contributed by atoms with van der Waals surface area (Å²) in [5.41, 5.74) is 0.712. The van der Waals surface area contributed by atoms with Gasteiger partial charge in [0.1, 0.15) is 0 Å². The summed E-state index contributed by atoms with van der Waals surface area (Å²) < 4.78 is 0. The summed E-state index contributed by atoms with van der Waals surface area (Å²) in [4.78, 5) is 2.42. The van der Waals surface area contributed by atoms with Gasteiger partial charge in [0.25, 0.3) is 0 Å². The normalized spacial score (nSPS) is 18.2. The molecule has 14 heavy (non-hydrogen) atoms. The van der Waals surface area contributed by atoms with Crippen molar-refractivity contribution in [2.75, 3.05) is 26.4 Å². The summed E-state index contributed by atoms with van der Waals surface area (Å²) in [6.45, 7) is 11.3. The Hall–Kier alpha value is 0.310. The molecule has 0 amide bonds. The summed E-state index contributed by atoms with van der Waals surface area (Å²) in [5, 5.41) is 0. The average molecular weight is 219 g/mol. The molecule has 1 aliphatic rings. The van der Waals surface area contributed by atoms with Crippen molar-refractivity contribution in [3.05, 3.63) is 0 Å². The third-order valence-electron chi connectivity index (χ3n) is 2.74. The fourth-order valence-electron chi connectivity index (χ4n) is 2.19. The molecule has 1 saturated heterocycles. The second-order valence-electron chi connectivity index (χ2n) is 3.78. The first kappa shape index (κ1) is 16.7. The molecule has 1 aliphatic heterocycles. The van der Waals surface area contributed by atoms with E-state index in [-0.39, 0.29) is 0 Å². The van der Waals surface area contributed by atoms with Crippen molar-refractivity contribution in [2.24, 2.45) is 5.41 Å². The quantitative estimate of drug-likeness (QED) is 0.708. The maximum atomic E-state index is 3.53. The van der Waals surface area contributed by atoms with E-state index in [0.717, 1.165) is 0 Å². The van der Waals surface area contributed by atoms with Crippen LogP contribution in [0.4, 0.5) is 0 Å². The maximum Gasteiger partial charge on any atom is 0.00473 e. The Morgan fingerprint density at radius 2 is 1.57 bits per heavy atom. The van der Waals surface area contributed by atoms with Crippen molar-refractivity contribution in [1.82, 2.24) is 4.90 Å². The van der Waals surface area contributed by atoms with Gasteiger partial charge in [0.05, 0.1) is 0 Å². The standard InChI is InChI=1S/C9H19N.C2H6.CH4S/c1-4-6-9(5-2)7-10(3)8-9;2*1-2/h4-8H2,1-3H3;1-2H3;2H,1H3. The first-order valence-corrected chi connectivity index (χ1v) is 6.75. The highest BCUT2D eigenvalue weighted by molar-refractivity contribution is 7.79. The van der Waals surface area contributed by atoms with Crippen LogP contribution in [0.3, 0.4) is 0 Å². The molecule has 0 bridgehead atoms. The minimum Gasteiger partial charge on any atom is -0.305 e. The highest BCUT2D eigenvalue weighted by Gasteiger charge is 2.37. The Bertz CT molecular complexity index is 103. The Kier molecular flexibility index (Phi) is 11.8. The molecule has 1 heterocycles. The van der Waals surface area contributed by atoms with Gasteiger partial charge in [0, 0.05) is 13.1 Å². The minimum atomic E-state index is 0.712. The summed E-state index contributed by atoms with van der Waals surface area (Å²) >= 11 is 3.53. The molecule has 0 saturated carbocycles. The van der Waals surface area contributed by atoms with E-state index in [1.165, 1.54) is 32.4 Å². The number of thiol groups is 1. The number of likely N-dealkylation sites (tertiary alicyclic amines) is 1. The lowest BCUT2D eigenvalue weighted by Crippen LogP contribution is -2.53. The van der Waals surface area contributed by atoms with Gasteiger partial charge in [-0.3, -0.25) is 0 Å². The predicted molar refractivity (Wildman–Crippen MR) is 71.4 cm³/mol. The number of rotatable bonds is 3. The third kappa shape index (κ3) is 5.26. The fourth-order valence-corrected chi connectivity index (χ4v) is 2.19. The molecule has 0 N–H and O–H groups in total. The predicted octanol–water partition coefficient (Wildman–Crippen LogP) is 3.70. The van der Waals surface area contributed by atoms with Crippen molar-refractivity contribution in [1.29, 1.82) is 0 Å². The molecular weight excluding hydrogens is 190 g/mol. The molecule has 1 rings (SSSR count). The van der Waals surface area contributed by atoms with E-state index in [9.17, 15) is 0 Å². The summed E-state index contributed by atoms with van der Waals surface area (Å²) in [7, 11) is 2.21. The van der Waals surface area contributed by atoms with Crippen LogP contribution in [0.2, 0.25) is 0 Å². The van der Waals surface area contributed by atoms with Crippen LogP contribution in [-0.2, 0) is 0 Å². The SMILES string of the molecule is CC.CCCC1(CC)CN(C)C1.CS. The molecule has 88 valence electrons. The van der Waals surface area contributed by atoms with Gasteiger partial charge in [-0.1, -0.05) is 34.1 Å². The smallest absolute Gasteiger partial charge is 0.00473 e. The van der Waals surface area contributed by atoms with Crippen LogP contribution in [0.5, 0.6) is 0 Å². The van der Waals surface area contributed by atoms with Gasteiger partial charge in [-0.15, -0.1) is 0 Å². The Morgan fingerprint density at radius 1 is 1.14 bits per heavy atom. The van der Waals surface area contributed by atoms with Crippen molar-refractivity contribution in [2.45, 2.75) is 47.0 Å². The molecule has 0 radical (unpaired) electrons. The van der Waals surface area contributed by atoms with Crippen LogP contribution in [0.15, 0.2) is 0 Å². The Morgan fingerprint density at radius 3 is 1.79 bits per heavy atom. The maximum absolute atomic E-state index is 3.53. The van der Waals surface area contributed by atoms with Crippen molar-refractivity contribution in [3.63, 3.8) is 0 Å². The summed E-state index contributed by atoms with van der Waals surface area (Å²) in [6.07, 6.45) is 5.83. The zero-order chi connectivity index (χ0) is 11.6. The molecule has 0 atom stereocenters. The van der Waals surface area contributed by atoms with Crippen LogP contribution in [0.1, 0.15) is 47.0 Å². The summed E-state index contributed by atoms with van der Waals surface area (Å²) in [5.74, 6) is 0. The highest BCUT2D eigenvalue weighted by Crippen LogP contribution is 2.36. The third-order valence-corrected chi connectivity index (χ3v) is 2.74. The van der Waals surface area contributed by atoms with Crippen LogP contribution in [-0.4, -0.2) is 31.3 Å². The van der Waals surface area contributed by atoms with Crippen molar-refractivity contribution in [3.8, 4) is 0 Å². The minimum absolute atomic E-state index is 0.712. The zero-order valence-corrected chi connectivity index (χ0v) is 11.8. The van der Waals surface area contributed by atoms with E-state index in [2.05, 4.69) is 38.4 Å². The van der Waals surface area contributed by atoms with Gasteiger partial charge < -0.3 is 4.90 Å². The molecule has 0 aromatic heterocycles. The van der Waals surface area contributed by atoms with Gasteiger partial charge in [0.2, 0.25) is 0 Å². The van der Waals surface area contributed by atoms with Crippen LogP contribution < -0.4 is 0 Å². The Balaban J connectivity index is 0. The molecular formula is C12H29NS. The molecule has 0 aromatic carbocycles. The summed E-state index contributed by atoms with van der Waals surface area (Å²) in [6, 6.07) is 0. The topological polar surface area (TPSA) is 3.24 Å². The molecule has 0 unspecified atom stereocenters. The lowest BCUT2D eigenvalue weighted by Gasteiger charge is -2.48. The molecule has 1 fully saturated rings. The molecule has 0 spiro atoms. The second kappa shape index (κ2) is 9.85. The van der Waals surface area contributed by atoms with Crippen LogP contribution in [0, 0.1) is 5.41 Å². The van der Waals surface area contributed by atoms with Gasteiger partial charge >= 0.3 is 0 Å². The fraction of sp³-hybridized carbons (Fsp3) is 1.00. The van der Waals surface area contributed by atoms with Gasteiger partial charge in [-0.2, -0.15) is 12.6 Å². The van der Waals surface area contributed by atoms with E-state index in [1.54, 1.807) is 6.26 Å². The van der Waals surface area contributed by atoms with E-state index in [4.69, 9.17) is 0 Å². The van der Waals surface area contributed by atoms with E-state index in [0.29, 0.717) is 5.41 Å². The lowest BCUT2D eigenvalue weighted by atomic mass is 9.74. The zero-order valence-electron chi connectivity index (χ0n) is 10.9. The average Bonchev–Trinajstić information content (AvgIpc) is 2.21. The molecule has 1 nitrogen and oxygen atoms in total. The number of nitrogens with zero attached hydrogens (tertiary/aromatic N) is 1. The van der Waals surface area contributed by atoms with E-state index >= 15 is 0 Å². The molecule has 0 aromatic rings. The van der Waals surface area contributed by atoms with Crippen LogP contribution >= 0.6 is 12.6 Å². The largest absolute Gasteiger partial charge is 0.305 e. The lowest BCUT2D eigenvalue weighted by molar-refractivity contribution is 0.0105. The highest BCUT2D eigenvalue weighted by atomic mass is 32.1.